The van der Waals surface area contributed by atoms with Crippen LogP contribution in [0.1, 0.15) is 135 Å². The summed E-state index contributed by atoms with van der Waals surface area (Å²) in [6, 6.07) is -1.31. The number of alkyl carbamates (subject to hydrolysis) is 2. The van der Waals surface area contributed by atoms with Gasteiger partial charge >= 0.3 is 24.1 Å². The molecule has 0 spiro atoms. The number of ether oxygens (including phenoxy) is 9. The van der Waals surface area contributed by atoms with E-state index in [0.29, 0.717) is 25.9 Å². The molecule has 402 valence electrons. The molecular formula is C49H90N4O16. The predicted molar refractivity (Wildman–Crippen MR) is 255 cm³/mol. The molecule has 2 amide bonds. The highest BCUT2D eigenvalue weighted by Gasteiger charge is 2.55. The van der Waals surface area contributed by atoms with Crippen molar-refractivity contribution in [3.63, 3.8) is 0 Å². The predicted octanol–water partition coefficient (Wildman–Crippen LogP) is 4.15. The van der Waals surface area contributed by atoms with E-state index in [9.17, 15) is 34.5 Å². The van der Waals surface area contributed by atoms with E-state index < -0.39 is 132 Å². The van der Waals surface area contributed by atoms with Crippen LogP contribution in [0.3, 0.4) is 0 Å². The zero-order valence-electron chi connectivity index (χ0n) is 44.6. The van der Waals surface area contributed by atoms with Crippen LogP contribution in [0, 0.1) is 23.7 Å². The molecule has 3 rings (SSSR count). The lowest BCUT2D eigenvalue weighted by Gasteiger charge is -2.50. The minimum absolute atomic E-state index is 0.0135. The molecule has 0 bridgehead atoms. The van der Waals surface area contributed by atoms with Gasteiger partial charge in [-0.2, -0.15) is 0 Å². The molecule has 7 N–H and O–H groups in total. The molecule has 0 saturated carbocycles. The monoisotopic (exact) mass is 991 g/mol. The fourth-order valence-corrected chi connectivity index (χ4v) is 10.5. The topological polar surface area (TPSA) is 265 Å². The van der Waals surface area contributed by atoms with E-state index >= 15 is 0 Å². The highest BCUT2D eigenvalue weighted by atomic mass is 16.7. The number of cyclic esters (lactones) is 1. The molecule has 20 nitrogen and oxygen atoms in total. The number of hydrogen-bond donors (Lipinski definition) is 6. The van der Waals surface area contributed by atoms with Crippen LogP contribution < -0.4 is 16.4 Å². The maximum Gasteiger partial charge on any atom is 0.407 e. The third kappa shape index (κ3) is 16.0. The molecular weight excluding hydrogens is 901 g/mol. The molecule has 8 unspecified atom stereocenters. The normalized spacial score (nSPS) is 40.8. The van der Waals surface area contributed by atoms with Crippen LogP contribution in [0.25, 0.3) is 0 Å². The number of nitrogens with zero attached hydrogens (tertiary/aromatic N) is 1. The van der Waals surface area contributed by atoms with E-state index in [-0.39, 0.29) is 31.4 Å². The van der Waals surface area contributed by atoms with Crippen molar-refractivity contribution in [3.05, 3.63) is 0 Å². The van der Waals surface area contributed by atoms with Crippen molar-refractivity contribution in [2.75, 3.05) is 34.3 Å². The minimum atomic E-state index is -2.05. The van der Waals surface area contributed by atoms with E-state index in [4.69, 9.17) is 48.4 Å². The Labute approximate surface area is 410 Å². The zero-order chi connectivity index (χ0) is 52.6. The molecule has 19 atom stereocenters. The molecule has 0 radical (unpaired) electrons. The first kappa shape index (κ1) is 60.4. The largest absolute Gasteiger partial charge is 0.459 e. The minimum Gasteiger partial charge on any atom is -0.459 e. The van der Waals surface area contributed by atoms with Crippen molar-refractivity contribution in [1.82, 2.24) is 15.5 Å². The summed E-state index contributed by atoms with van der Waals surface area (Å²) in [7, 11) is 5.20. The molecule has 0 aromatic heterocycles. The molecule has 0 aromatic rings. The number of nitrogens with one attached hydrogen (secondary N) is 2. The van der Waals surface area contributed by atoms with Crippen molar-refractivity contribution in [3.8, 4) is 0 Å². The van der Waals surface area contributed by atoms with E-state index in [1.807, 2.05) is 25.9 Å². The Bertz CT molecular complexity index is 1660. The van der Waals surface area contributed by atoms with Crippen molar-refractivity contribution in [1.29, 1.82) is 0 Å². The van der Waals surface area contributed by atoms with Gasteiger partial charge in [-0.1, -0.05) is 27.7 Å². The molecule has 3 heterocycles. The summed E-state index contributed by atoms with van der Waals surface area (Å²) in [5, 5.41) is 43.0. The van der Waals surface area contributed by atoms with E-state index in [1.165, 1.54) is 21.0 Å². The quantitative estimate of drug-likeness (QED) is 0.0811. The standard InChI is InChI=1S/C49H90N4O16/c1-18-34-49(14,60)39(55)28(4)36(52-45(58)69-46(9,10)11)26(2)24-47(12,59)40(67-43-38(64-32(8)54)33(53(15)16)23-27(3)62-43)29(5)37(30(6)42(56)65-34)66-35-25-48(13,61-17)41(31(7)63-35)68-44(57)51-22-20-19-21-50/h26-31,33-41,43,55,59-60H,18-25,50H2,1-17H3,(H,51,57)(H,52,58)/t26-,27?,28+,29+,30-,31?,33?,34-,35?,36+,37+,38?,39-,40-,41?,43?,47-,48?,49-/m1/s1. The smallest absolute Gasteiger partial charge is 0.407 e. The fourth-order valence-electron chi connectivity index (χ4n) is 10.5. The first-order chi connectivity index (χ1) is 31.8. The van der Waals surface area contributed by atoms with E-state index in [2.05, 4.69) is 10.6 Å². The number of amides is 2. The number of aliphatic hydroxyl groups is 3. The molecule has 3 fully saturated rings. The Kier molecular flexibility index (Phi) is 22.0. The summed E-state index contributed by atoms with van der Waals surface area (Å²) < 4.78 is 56.4. The van der Waals surface area contributed by atoms with Crippen LogP contribution in [0.15, 0.2) is 0 Å². The zero-order valence-corrected chi connectivity index (χ0v) is 44.6. The van der Waals surface area contributed by atoms with Crippen LogP contribution in [0.4, 0.5) is 9.59 Å². The van der Waals surface area contributed by atoms with Crippen LogP contribution >= 0.6 is 0 Å². The number of aliphatic hydroxyl groups excluding tert-OH is 1. The summed E-state index contributed by atoms with van der Waals surface area (Å²) in [5.74, 6) is -5.06. The summed E-state index contributed by atoms with van der Waals surface area (Å²) >= 11 is 0. The van der Waals surface area contributed by atoms with Gasteiger partial charge in [-0.3, -0.25) is 9.59 Å². The van der Waals surface area contributed by atoms with Crippen LogP contribution in [0.5, 0.6) is 0 Å². The lowest BCUT2D eigenvalue weighted by atomic mass is 9.72. The van der Waals surface area contributed by atoms with E-state index in [0.717, 1.165) is 6.42 Å². The van der Waals surface area contributed by atoms with Crippen molar-refractivity contribution >= 4 is 24.1 Å². The van der Waals surface area contributed by atoms with Crippen LogP contribution in [-0.2, 0) is 52.2 Å². The molecule has 20 heteroatoms. The maximum absolute atomic E-state index is 14.7. The summed E-state index contributed by atoms with van der Waals surface area (Å²) in [6.07, 6.45) is -10.3. The second kappa shape index (κ2) is 25.2. The number of nitrogens with two attached hydrogens (primary N) is 1. The second-order valence-electron chi connectivity index (χ2n) is 21.8. The third-order valence-electron chi connectivity index (χ3n) is 14.2. The van der Waals surface area contributed by atoms with Gasteiger partial charge in [0.05, 0.1) is 48.1 Å². The van der Waals surface area contributed by atoms with Gasteiger partial charge in [0.15, 0.2) is 24.8 Å². The third-order valence-corrected chi connectivity index (χ3v) is 14.2. The average Bonchev–Trinajstić information content (AvgIpc) is 3.23. The van der Waals surface area contributed by atoms with Crippen molar-refractivity contribution in [2.45, 2.75) is 231 Å². The first-order valence-electron chi connectivity index (χ1n) is 24.8. The van der Waals surface area contributed by atoms with Gasteiger partial charge in [0, 0.05) is 44.9 Å². The highest BCUT2D eigenvalue weighted by molar-refractivity contribution is 5.73. The highest BCUT2D eigenvalue weighted by Crippen LogP contribution is 2.42. The number of likely N-dealkylation sites (N-methyl/N-ethyl adjacent to an activating group) is 1. The number of carbonyl (C=O) groups is 4. The molecule has 0 aliphatic carbocycles. The number of unbranched alkanes of at least 4 members (excludes halogenated alkanes) is 1. The molecule has 3 saturated heterocycles. The molecule has 3 aliphatic rings. The molecule has 0 aromatic carbocycles. The molecule has 69 heavy (non-hydrogen) atoms. The van der Waals surface area contributed by atoms with Gasteiger partial charge in [-0.15, -0.1) is 0 Å². The summed E-state index contributed by atoms with van der Waals surface area (Å²) in [4.78, 5) is 55.8. The SMILES string of the molecule is CC[C@H]1OC(=O)[C@H](C)[C@@H](OC2CC(C)(OC)C(OC(=O)NCCCCN)C(C)O2)[C@H](C)[C@@H](OC2OC(C)CC(N(C)C)C2OC(C)=O)[C@](C)(O)C[C@@H](C)[C@H](NC(=O)OC(C)(C)C)[C@H](C)[C@@H](O)[C@]1(C)O. The van der Waals surface area contributed by atoms with Crippen LogP contribution in [-0.4, -0.2) is 175 Å². The van der Waals surface area contributed by atoms with Crippen molar-refractivity contribution < 1.29 is 77.1 Å². The fraction of sp³-hybridized carbons (Fsp3) is 0.918. The Hall–Kier alpha value is -2.92. The summed E-state index contributed by atoms with van der Waals surface area (Å²) in [6.45, 7) is 24.1. The second-order valence-corrected chi connectivity index (χ2v) is 21.8. The Morgan fingerprint density at radius 1 is 0.899 bits per heavy atom. The Morgan fingerprint density at radius 2 is 1.54 bits per heavy atom. The number of methoxy groups -OCH3 is 1. The average molecular weight is 991 g/mol. The van der Waals surface area contributed by atoms with Crippen LogP contribution in [0.2, 0.25) is 0 Å². The van der Waals surface area contributed by atoms with Gasteiger partial charge in [-0.25, -0.2) is 9.59 Å². The van der Waals surface area contributed by atoms with Gasteiger partial charge < -0.3 is 79.2 Å². The van der Waals surface area contributed by atoms with E-state index in [1.54, 1.807) is 76.2 Å². The van der Waals surface area contributed by atoms with Gasteiger partial charge in [0.25, 0.3) is 0 Å². The summed E-state index contributed by atoms with van der Waals surface area (Å²) in [5.41, 5.74) is -0.363. The number of rotatable bonds is 14. The maximum atomic E-state index is 14.7. The molecule has 3 aliphatic heterocycles. The van der Waals surface area contributed by atoms with Gasteiger partial charge in [-0.05, 0) is 121 Å². The Balaban J connectivity index is 2.26. The Morgan fingerprint density at radius 3 is 2.09 bits per heavy atom. The lowest BCUT2D eigenvalue weighted by Crippen LogP contribution is -2.63. The number of esters is 2. The van der Waals surface area contributed by atoms with Gasteiger partial charge in [0.1, 0.15) is 22.9 Å². The number of hydrogen-bond acceptors (Lipinski definition) is 18. The lowest BCUT2D eigenvalue weighted by molar-refractivity contribution is -0.318. The van der Waals surface area contributed by atoms with Gasteiger partial charge in [0.2, 0.25) is 0 Å². The van der Waals surface area contributed by atoms with Crippen molar-refractivity contribution in [2.24, 2.45) is 29.4 Å². The first-order valence-corrected chi connectivity index (χ1v) is 24.8. The number of carbonyl (C=O) groups excluding carboxylic acids is 4.